The summed E-state index contributed by atoms with van der Waals surface area (Å²) >= 11 is 0. The normalized spacial score (nSPS) is 14.8. The molecule has 1 aromatic carbocycles. The van der Waals surface area contributed by atoms with Crippen molar-refractivity contribution in [2.45, 2.75) is 25.7 Å². The summed E-state index contributed by atoms with van der Waals surface area (Å²) < 4.78 is 4.71. The number of methoxy groups -OCH3 is 1. The zero-order valence-corrected chi connectivity index (χ0v) is 15.5. The molecule has 2 heterocycles. The molecular formula is C20H25N5O2. The van der Waals surface area contributed by atoms with Crippen molar-refractivity contribution in [3.05, 3.63) is 42.0 Å². The number of piperidine rings is 1. The van der Waals surface area contributed by atoms with E-state index in [4.69, 9.17) is 15.9 Å². The predicted molar refractivity (Wildman–Crippen MR) is 105 cm³/mol. The van der Waals surface area contributed by atoms with Crippen LogP contribution in [0.3, 0.4) is 0 Å². The second kappa shape index (κ2) is 8.62. The number of carbonyl (C=O) groups is 1. The van der Waals surface area contributed by atoms with Gasteiger partial charge in [0.05, 0.1) is 12.8 Å². The van der Waals surface area contributed by atoms with Crippen LogP contribution in [0.1, 0.15) is 31.2 Å². The Labute approximate surface area is 159 Å². The van der Waals surface area contributed by atoms with Gasteiger partial charge in [0.15, 0.2) is 5.82 Å². The van der Waals surface area contributed by atoms with Gasteiger partial charge in [0.1, 0.15) is 5.84 Å². The molecule has 3 rings (SSSR count). The van der Waals surface area contributed by atoms with Crippen LogP contribution in [-0.2, 0) is 9.53 Å². The highest BCUT2D eigenvalue weighted by Crippen LogP contribution is 2.26. The van der Waals surface area contributed by atoms with E-state index in [1.165, 1.54) is 7.11 Å². The number of hydrogen-bond donors (Lipinski definition) is 2. The molecule has 7 heteroatoms. The van der Waals surface area contributed by atoms with E-state index in [-0.39, 0.29) is 11.8 Å². The van der Waals surface area contributed by atoms with Gasteiger partial charge in [-0.25, -0.2) is 0 Å². The van der Waals surface area contributed by atoms with Crippen molar-refractivity contribution >= 4 is 17.6 Å². The zero-order chi connectivity index (χ0) is 19.2. The molecule has 7 nitrogen and oxygen atoms in total. The van der Waals surface area contributed by atoms with Crippen LogP contribution in [0, 0.1) is 11.3 Å². The van der Waals surface area contributed by atoms with E-state index in [9.17, 15) is 4.79 Å². The van der Waals surface area contributed by atoms with Crippen LogP contribution in [0.15, 0.2) is 36.4 Å². The molecule has 27 heavy (non-hydrogen) atoms. The lowest BCUT2D eigenvalue weighted by atomic mass is 9.92. The van der Waals surface area contributed by atoms with Crippen LogP contribution < -0.4 is 10.6 Å². The highest BCUT2D eigenvalue weighted by Gasteiger charge is 2.21. The van der Waals surface area contributed by atoms with Gasteiger partial charge in [-0.1, -0.05) is 24.3 Å². The van der Waals surface area contributed by atoms with Gasteiger partial charge in [-0.05, 0) is 37.3 Å². The molecule has 0 saturated carbocycles. The first kappa shape index (κ1) is 18.8. The fraction of sp³-hybridized carbons (Fsp3) is 0.400. The quantitative estimate of drug-likeness (QED) is 0.462. The van der Waals surface area contributed by atoms with Crippen LogP contribution >= 0.6 is 0 Å². The van der Waals surface area contributed by atoms with Gasteiger partial charge in [0.25, 0.3) is 0 Å². The van der Waals surface area contributed by atoms with E-state index in [1.54, 1.807) is 0 Å². The summed E-state index contributed by atoms with van der Waals surface area (Å²) in [6.07, 6.45) is 3.49. The molecule has 0 spiro atoms. The van der Waals surface area contributed by atoms with Crippen LogP contribution in [0.2, 0.25) is 0 Å². The number of ether oxygens (including phenoxy) is 1. The number of nitrogens with zero attached hydrogens (tertiary/aromatic N) is 3. The number of esters is 1. The van der Waals surface area contributed by atoms with Gasteiger partial charge in [0, 0.05) is 30.6 Å². The largest absolute Gasteiger partial charge is 0.469 e. The monoisotopic (exact) mass is 367 g/mol. The van der Waals surface area contributed by atoms with Crippen LogP contribution in [0.5, 0.6) is 0 Å². The topological polar surface area (TPSA) is 105 Å². The van der Waals surface area contributed by atoms with E-state index in [0.29, 0.717) is 17.9 Å². The first-order chi connectivity index (χ1) is 13.1. The number of amidine groups is 1. The first-order valence-corrected chi connectivity index (χ1v) is 9.17. The highest BCUT2D eigenvalue weighted by molar-refractivity contribution is 5.95. The molecule has 0 bridgehead atoms. The maximum absolute atomic E-state index is 11.3. The number of anilines is 1. The van der Waals surface area contributed by atoms with Gasteiger partial charge < -0.3 is 15.4 Å². The first-order valence-electron chi connectivity index (χ1n) is 9.17. The van der Waals surface area contributed by atoms with Crippen LogP contribution in [-0.4, -0.2) is 42.2 Å². The average molecular weight is 367 g/mol. The molecule has 3 N–H and O–H groups in total. The van der Waals surface area contributed by atoms with E-state index in [0.717, 1.165) is 49.4 Å². The van der Waals surface area contributed by atoms with Crippen molar-refractivity contribution in [2.75, 3.05) is 25.1 Å². The van der Waals surface area contributed by atoms with Crippen molar-refractivity contribution in [3.8, 4) is 11.3 Å². The zero-order valence-electron chi connectivity index (χ0n) is 15.5. The summed E-state index contributed by atoms with van der Waals surface area (Å²) in [5, 5.41) is 16.2. The molecule has 1 saturated heterocycles. The summed E-state index contributed by atoms with van der Waals surface area (Å²) in [4.78, 5) is 13.5. The molecule has 1 aliphatic heterocycles. The lowest BCUT2D eigenvalue weighted by Crippen LogP contribution is -2.34. The van der Waals surface area contributed by atoms with Gasteiger partial charge in [-0.2, -0.15) is 0 Å². The van der Waals surface area contributed by atoms with Gasteiger partial charge in [0.2, 0.25) is 0 Å². The fourth-order valence-electron chi connectivity index (χ4n) is 3.34. The van der Waals surface area contributed by atoms with Crippen molar-refractivity contribution < 1.29 is 9.53 Å². The molecule has 1 fully saturated rings. The number of benzene rings is 1. The fourth-order valence-corrected chi connectivity index (χ4v) is 3.34. The summed E-state index contributed by atoms with van der Waals surface area (Å²) in [6, 6.07) is 11.4. The van der Waals surface area contributed by atoms with Gasteiger partial charge >= 0.3 is 5.97 Å². The third-order valence-electron chi connectivity index (χ3n) is 5.07. The van der Waals surface area contributed by atoms with Gasteiger partial charge in [-0.3, -0.25) is 10.2 Å². The van der Waals surface area contributed by atoms with Crippen molar-refractivity contribution in [1.82, 2.24) is 10.2 Å². The Morgan fingerprint density at radius 1 is 1.19 bits per heavy atom. The smallest absolute Gasteiger partial charge is 0.305 e. The lowest BCUT2D eigenvalue weighted by Gasteiger charge is -2.32. The van der Waals surface area contributed by atoms with E-state index < -0.39 is 0 Å². The third kappa shape index (κ3) is 4.81. The number of nitrogen functional groups attached to an aromatic ring is 1. The number of rotatable bonds is 6. The third-order valence-corrected chi connectivity index (χ3v) is 5.07. The van der Waals surface area contributed by atoms with Crippen LogP contribution in [0.4, 0.5) is 5.82 Å². The second-order valence-electron chi connectivity index (χ2n) is 6.81. The van der Waals surface area contributed by atoms with Crippen LogP contribution in [0.25, 0.3) is 11.3 Å². The molecule has 0 aliphatic carbocycles. The molecular weight excluding hydrogens is 342 g/mol. The summed E-state index contributed by atoms with van der Waals surface area (Å²) in [6.45, 7) is 1.85. The number of nitrogens with two attached hydrogens (primary N) is 1. The standard InChI is InChI=1S/C20H25N5O2/c1-27-19(26)9-2-14-10-12-25(13-11-14)18-8-7-17(23-24-18)15-3-5-16(6-4-15)20(21)22/h3-8,14H,2,9-13H2,1H3,(H3,21,22). The molecule has 1 aromatic heterocycles. The minimum Gasteiger partial charge on any atom is -0.469 e. The molecule has 2 aromatic rings. The minimum atomic E-state index is -0.129. The second-order valence-corrected chi connectivity index (χ2v) is 6.81. The molecule has 1 aliphatic rings. The maximum Gasteiger partial charge on any atom is 0.305 e. The number of carbonyl (C=O) groups excluding carboxylic acids is 1. The summed E-state index contributed by atoms with van der Waals surface area (Å²) in [7, 11) is 1.44. The van der Waals surface area contributed by atoms with Crippen molar-refractivity contribution in [2.24, 2.45) is 11.7 Å². The van der Waals surface area contributed by atoms with E-state index in [2.05, 4.69) is 15.1 Å². The average Bonchev–Trinajstić information content (AvgIpc) is 2.72. The van der Waals surface area contributed by atoms with Gasteiger partial charge in [-0.15, -0.1) is 10.2 Å². The SMILES string of the molecule is COC(=O)CCC1CCN(c2ccc(-c3ccc(C(=N)N)cc3)nn2)CC1. The Kier molecular flexibility index (Phi) is 6.01. The number of aromatic nitrogens is 2. The summed E-state index contributed by atoms with van der Waals surface area (Å²) in [5.41, 5.74) is 7.91. The number of hydrogen-bond acceptors (Lipinski definition) is 6. The molecule has 0 amide bonds. The minimum absolute atomic E-state index is 0.0537. The number of nitrogens with one attached hydrogen (secondary N) is 1. The Balaban J connectivity index is 1.56. The molecule has 142 valence electrons. The molecule has 0 unspecified atom stereocenters. The Hall–Kier alpha value is -2.96. The van der Waals surface area contributed by atoms with Crippen molar-refractivity contribution in [1.29, 1.82) is 5.41 Å². The Morgan fingerprint density at radius 3 is 2.44 bits per heavy atom. The van der Waals surface area contributed by atoms with E-state index in [1.807, 2.05) is 36.4 Å². The lowest BCUT2D eigenvalue weighted by molar-refractivity contribution is -0.141. The molecule has 0 atom stereocenters. The summed E-state index contributed by atoms with van der Waals surface area (Å²) in [5.74, 6) is 1.37. The maximum atomic E-state index is 11.3. The van der Waals surface area contributed by atoms with Crippen molar-refractivity contribution in [3.63, 3.8) is 0 Å². The Morgan fingerprint density at radius 2 is 1.89 bits per heavy atom. The Bertz CT molecular complexity index is 781. The predicted octanol–water partition coefficient (Wildman–Crippen LogP) is 2.60. The highest BCUT2D eigenvalue weighted by atomic mass is 16.5. The van der Waals surface area contributed by atoms with E-state index >= 15 is 0 Å². The molecule has 0 radical (unpaired) electrons.